The Morgan fingerprint density at radius 1 is 1.03 bits per heavy atom. The van der Waals surface area contributed by atoms with Crippen LogP contribution in [0.2, 0.25) is 0 Å². The molecule has 0 fully saturated rings. The number of nitrogens with one attached hydrogen (secondary N) is 1. The molecule has 3 aromatic rings. The number of aliphatic carboxylic acids is 1. The first-order valence-corrected chi connectivity index (χ1v) is 9.17. The van der Waals surface area contributed by atoms with E-state index in [1.54, 1.807) is 18.2 Å². The number of carbonyl (C=O) groups is 2. The van der Waals surface area contributed by atoms with E-state index in [1.807, 2.05) is 60.7 Å². The highest BCUT2D eigenvalue weighted by Crippen LogP contribution is 2.22. The van der Waals surface area contributed by atoms with E-state index in [1.165, 1.54) is 0 Å². The number of carboxylic acids is 1. The highest BCUT2D eigenvalue weighted by Gasteiger charge is 2.20. The van der Waals surface area contributed by atoms with E-state index < -0.39 is 12.0 Å². The number of fused-ring (bicyclic) bond motifs is 2. The summed E-state index contributed by atoms with van der Waals surface area (Å²) in [6.07, 6.45) is 0. The molecule has 0 amide bonds. The second-order valence-electron chi connectivity index (χ2n) is 6.46. The van der Waals surface area contributed by atoms with Crippen molar-refractivity contribution in [2.45, 2.75) is 19.2 Å². The topological polar surface area (TPSA) is 102 Å². The summed E-state index contributed by atoms with van der Waals surface area (Å²) in [4.78, 5) is 22.2. The van der Waals surface area contributed by atoms with Crippen LogP contribution in [0.5, 0.6) is 0 Å². The number of rotatable bonds is 5. The number of cyclic esters (lactones) is 1. The summed E-state index contributed by atoms with van der Waals surface area (Å²) in [6.45, 7) is 0.789. The molecule has 2 bridgehead atoms. The quantitative estimate of drug-likeness (QED) is 0.574. The molecule has 148 valence electrons. The lowest BCUT2D eigenvalue weighted by molar-refractivity contribution is -0.138. The summed E-state index contributed by atoms with van der Waals surface area (Å²) >= 11 is 0. The average molecular weight is 390 g/mol. The number of hydrogen-bond donors (Lipinski definition) is 3. The van der Waals surface area contributed by atoms with Gasteiger partial charge in [-0.05, 0) is 34.9 Å². The predicted molar refractivity (Wildman–Crippen MR) is 110 cm³/mol. The standard InChI is InChI=1S/C15H16N2O2.C8H6O2/c16-10-12-8-4-5-9-13(12)17-14(15(18)19)11-6-2-1-3-7-11;9-8-7-3-1-2-6(4-7)5-10-8/h1-9,14,17H,10,16H2,(H,18,19);1-4H,5H2. The second kappa shape index (κ2) is 9.52. The number of benzene rings is 3. The Kier molecular flexibility index (Phi) is 6.60. The minimum Gasteiger partial charge on any atom is -0.479 e. The van der Waals surface area contributed by atoms with Gasteiger partial charge in [0.15, 0.2) is 6.04 Å². The second-order valence-corrected chi connectivity index (χ2v) is 6.46. The number of ether oxygens (including phenoxy) is 1. The van der Waals surface area contributed by atoms with Crippen LogP contribution < -0.4 is 11.1 Å². The minimum absolute atomic E-state index is 0.215. The molecular weight excluding hydrogens is 368 g/mol. The fourth-order valence-corrected chi connectivity index (χ4v) is 2.95. The Bertz CT molecular complexity index is 989. The molecule has 29 heavy (non-hydrogen) atoms. The van der Waals surface area contributed by atoms with Crippen LogP contribution in [0, 0.1) is 0 Å². The van der Waals surface area contributed by atoms with Crippen molar-refractivity contribution in [3.05, 3.63) is 101 Å². The average Bonchev–Trinajstić information content (AvgIpc) is 2.76. The van der Waals surface area contributed by atoms with Crippen LogP contribution in [-0.4, -0.2) is 17.0 Å². The normalized spacial score (nSPS) is 12.8. The fourth-order valence-electron chi connectivity index (χ4n) is 2.95. The molecular formula is C23H22N2O4. The van der Waals surface area contributed by atoms with Crippen LogP contribution in [0.15, 0.2) is 78.9 Å². The highest BCUT2D eigenvalue weighted by atomic mass is 16.5. The lowest BCUT2D eigenvalue weighted by Crippen LogP contribution is -2.21. The van der Waals surface area contributed by atoms with E-state index in [0.717, 1.165) is 16.8 Å². The monoisotopic (exact) mass is 390 g/mol. The molecule has 4 N–H and O–H groups in total. The molecule has 1 aliphatic rings. The third-order valence-electron chi connectivity index (χ3n) is 4.45. The summed E-state index contributed by atoms with van der Waals surface area (Å²) in [5.74, 6) is -1.13. The van der Waals surface area contributed by atoms with Crippen LogP contribution in [0.25, 0.3) is 0 Å². The Balaban J connectivity index is 0.000000200. The Morgan fingerprint density at radius 2 is 1.76 bits per heavy atom. The first-order valence-electron chi connectivity index (χ1n) is 9.17. The maximum Gasteiger partial charge on any atom is 0.338 e. The Morgan fingerprint density at radius 3 is 2.45 bits per heavy atom. The third-order valence-corrected chi connectivity index (χ3v) is 4.45. The van der Waals surface area contributed by atoms with Crippen molar-refractivity contribution >= 4 is 17.6 Å². The fraction of sp³-hybridized carbons (Fsp3) is 0.130. The zero-order chi connectivity index (χ0) is 20.6. The number of hydrogen-bond acceptors (Lipinski definition) is 5. The van der Waals surface area contributed by atoms with Crippen molar-refractivity contribution < 1.29 is 19.4 Å². The van der Waals surface area contributed by atoms with Gasteiger partial charge in [0, 0.05) is 12.2 Å². The summed E-state index contributed by atoms with van der Waals surface area (Å²) in [7, 11) is 0. The van der Waals surface area contributed by atoms with Crippen molar-refractivity contribution in [1.29, 1.82) is 0 Å². The molecule has 0 spiro atoms. The van der Waals surface area contributed by atoms with E-state index in [2.05, 4.69) is 5.32 Å². The molecule has 3 aromatic carbocycles. The molecule has 6 heteroatoms. The SMILES string of the molecule is NCc1ccccc1NC(C(=O)O)c1ccccc1.O=C1OCc2cccc1c2. The molecule has 1 atom stereocenters. The van der Waals surface area contributed by atoms with Gasteiger partial charge in [-0.15, -0.1) is 0 Å². The minimum atomic E-state index is -0.918. The molecule has 1 heterocycles. The lowest BCUT2D eigenvalue weighted by Gasteiger charge is -2.18. The van der Waals surface area contributed by atoms with E-state index in [9.17, 15) is 14.7 Å². The predicted octanol–water partition coefficient (Wildman–Crippen LogP) is 3.74. The van der Waals surface area contributed by atoms with Gasteiger partial charge in [-0.3, -0.25) is 0 Å². The van der Waals surface area contributed by atoms with Gasteiger partial charge in [-0.1, -0.05) is 60.7 Å². The van der Waals surface area contributed by atoms with Crippen molar-refractivity contribution in [2.75, 3.05) is 5.32 Å². The van der Waals surface area contributed by atoms with Crippen molar-refractivity contribution in [1.82, 2.24) is 0 Å². The van der Waals surface area contributed by atoms with Crippen LogP contribution >= 0.6 is 0 Å². The van der Waals surface area contributed by atoms with E-state index >= 15 is 0 Å². The lowest BCUT2D eigenvalue weighted by atomic mass is 10.1. The smallest absolute Gasteiger partial charge is 0.338 e. The van der Waals surface area contributed by atoms with Crippen LogP contribution in [-0.2, 0) is 22.7 Å². The van der Waals surface area contributed by atoms with E-state index in [-0.39, 0.29) is 5.97 Å². The molecule has 0 radical (unpaired) electrons. The van der Waals surface area contributed by atoms with Crippen molar-refractivity contribution in [3.63, 3.8) is 0 Å². The van der Waals surface area contributed by atoms with E-state index in [0.29, 0.717) is 24.3 Å². The zero-order valence-electron chi connectivity index (χ0n) is 15.7. The highest BCUT2D eigenvalue weighted by molar-refractivity contribution is 5.90. The first-order chi connectivity index (χ1) is 14.1. The van der Waals surface area contributed by atoms with Crippen LogP contribution in [0.4, 0.5) is 5.69 Å². The van der Waals surface area contributed by atoms with Crippen molar-refractivity contribution in [2.24, 2.45) is 5.73 Å². The van der Waals surface area contributed by atoms with Gasteiger partial charge in [-0.2, -0.15) is 0 Å². The summed E-state index contributed by atoms with van der Waals surface area (Å²) < 4.78 is 4.82. The molecule has 1 unspecified atom stereocenters. The molecule has 0 saturated heterocycles. The van der Waals surface area contributed by atoms with Gasteiger partial charge in [0.05, 0.1) is 5.56 Å². The molecule has 6 nitrogen and oxygen atoms in total. The summed E-state index contributed by atoms with van der Waals surface area (Å²) in [5.41, 5.74) is 9.73. The number of carboxylic acid groups (broad SMARTS) is 1. The van der Waals surface area contributed by atoms with Gasteiger partial charge in [0.2, 0.25) is 0 Å². The van der Waals surface area contributed by atoms with Crippen molar-refractivity contribution in [3.8, 4) is 0 Å². The number of carbonyl (C=O) groups excluding carboxylic acids is 1. The molecule has 0 aromatic heterocycles. The maximum absolute atomic E-state index is 11.4. The summed E-state index contributed by atoms with van der Waals surface area (Å²) in [6, 6.07) is 23.2. The molecule has 0 aliphatic carbocycles. The maximum atomic E-state index is 11.4. The van der Waals surface area contributed by atoms with Crippen LogP contribution in [0.1, 0.15) is 33.1 Å². The first kappa shape index (κ1) is 20.1. The van der Waals surface area contributed by atoms with Gasteiger partial charge < -0.3 is 20.9 Å². The van der Waals surface area contributed by atoms with Gasteiger partial charge in [0.25, 0.3) is 0 Å². The van der Waals surface area contributed by atoms with Crippen LogP contribution in [0.3, 0.4) is 0 Å². The molecule has 1 aliphatic heterocycles. The Labute approximate surface area is 168 Å². The number of para-hydroxylation sites is 1. The van der Waals surface area contributed by atoms with Gasteiger partial charge in [0.1, 0.15) is 6.61 Å². The van der Waals surface area contributed by atoms with Gasteiger partial charge >= 0.3 is 11.9 Å². The number of nitrogens with two attached hydrogens (primary N) is 1. The number of esters is 1. The largest absolute Gasteiger partial charge is 0.479 e. The third kappa shape index (κ3) is 5.21. The molecule has 0 saturated carbocycles. The molecule has 4 rings (SSSR count). The summed E-state index contributed by atoms with van der Waals surface area (Å²) in [5, 5.41) is 12.4. The Hall–Kier alpha value is -3.64. The number of anilines is 1. The zero-order valence-corrected chi connectivity index (χ0v) is 15.7. The van der Waals surface area contributed by atoms with Gasteiger partial charge in [-0.25, -0.2) is 9.59 Å². The van der Waals surface area contributed by atoms with E-state index in [4.69, 9.17) is 10.5 Å².